The van der Waals surface area contributed by atoms with Gasteiger partial charge in [-0.25, -0.2) is 4.79 Å². The fraction of sp³-hybridized carbons (Fsp3) is 0.176. The van der Waals surface area contributed by atoms with E-state index in [9.17, 15) is 14.7 Å². The van der Waals surface area contributed by atoms with Gasteiger partial charge in [0.25, 0.3) is 5.91 Å². The van der Waals surface area contributed by atoms with E-state index in [2.05, 4.69) is 0 Å². The Morgan fingerprint density at radius 2 is 1.74 bits per heavy atom. The van der Waals surface area contributed by atoms with Crippen molar-refractivity contribution in [2.45, 2.75) is 11.4 Å². The van der Waals surface area contributed by atoms with Crippen LogP contribution < -0.4 is 0 Å². The topological polar surface area (TPSA) is 57.6 Å². The molecule has 2 aromatic carbocycles. The number of thioether (sulfide) groups is 1. The lowest BCUT2D eigenvalue weighted by Crippen LogP contribution is -2.43. The molecule has 4 nitrogen and oxygen atoms in total. The van der Waals surface area contributed by atoms with Gasteiger partial charge in [-0.1, -0.05) is 48.0 Å². The van der Waals surface area contributed by atoms with Gasteiger partial charge in [-0.2, -0.15) is 0 Å². The first-order valence-corrected chi connectivity index (χ1v) is 8.49. The summed E-state index contributed by atoms with van der Waals surface area (Å²) in [5.41, 5.74) is 1.23. The molecule has 1 saturated heterocycles. The summed E-state index contributed by atoms with van der Waals surface area (Å²) in [4.78, 5) is 25.9. The lowest BCUT2D eigenvalue weighted by atomic mass is 10.1. The fourth-order valence-electron chi connectivity index (χ4n) is 2.59. The lowest BCUT2D eigenvalue weighted by Gasteiger charge is -2.28. The molecule has 118 valence electrons. The number of hydrogen-bond donors (Lipinski definition) is 1. The summed E-state index contributed by atoms with van der Waals surface area (Å²) < 4.78 is 0. The molecular formula is C17H14ClNO3S. The van der Waals surface area contributed by atoms with E-state index in [1.54, 1.807) is 30.3 Å². The SMILES string of the molecule is O=C(O)[C@@H]1CS[C@H](c2ccccc2Cl)N1C(=O)c1ccccc1. The zero-order valence-electron chi connectivity index (χ0n) is 12.1. The van der Waals surface area contributed by atoms with Crippen molar-refractivity contribution in [3.05, 3.63) is 70.7 Å². The maximum Gasteiger partial charge on any atom is 0.327 e. The summed E-state index contributed by atoms with van der Waals surface area (Å²) >= 11 is 7.67. The van der Waals surface area contributed by atoms with E-state index in [4.69, 9.17) is 11.6 Å². The molecule has 6 heteroatoms. The monoisotopic (exact) mass is 347 g/mol. The number of aliphatic carboxylic acids is 1. The Morgan fingerprint density at radius 1 is 1.09 bits per heavy atom. The Hall–Kier alpha value is -1.98. The van der Waals surface area contributed by atoms with Crippen molar-refractivity contribution < 1.29 is 14.7 Å². The molecule has 3 rings (SSSR count). The minimum Gasteiger partial charge on any atom is -0.480 e. The zero-order valence-corrected chi connectivity index (χ0v) is 13.6. The second-order valence-electron chi connectivity index (χ2n) is 5.14. The molecule has 1 heterocycles. The zero-order chi connectivity index (χ0) is 16.4. The molecular weight excluding hydrogens is 334 g/mol. The van der Waals surface area contributed by atoms with E-state index in [1.807, 2.05) is 24.3 Å². The van der Waals surface area contributed by atoms with E-state index in [1.165, 1.54) is 16.7 Å². The van der Waals surface area contributed by atoms with Crippen LogP contribution in [0.1, 0.15) is 21.3 Å². The van der Waals surface area contributed by atoms with E-state index in [0.717, 1.165) is 5.56 Å². The van der Waals surface area contributed by atoms with Crippen LogP contribution in [0.25, 0.3) is 0 Å². The average molecular weight is 348 g/mol. The lowest BCUT2D eigenvalue weighted by molar-refractivity contribution is -0.141. The number of rotatable bonds is 3. The van der Waals surface area contributed by atoms with Crippen molar-refractivity contribution >= 4 is 35.2 Å². The van der Waals surface area contributed by atoms with Crippen LogP contribution in [-0.4, -0.2) is 33.7 Å². The van der Waals surface area contributed by atoms with Crippen LogP contribution in [0.15, 0.2) is 54.6 Å². The molecule has 2 atom stereocenters. The Bertz CT molecular complexity index is 738. The molecule has 0 bridgehead atoms. The van der Waals surface area contributed by atoms with Gasteiger partial charge in [0.05, 0.1) is 0 Å². The van der Waals surface area contributed by atoms with E-state index in [-0.39, 0.29) is 5.91 Å². The van der Waals surface area contributed by atoms with Gasteiger partial charge in [-0.05, 0) is 18.2 Å². The number of amides is 1. The normalized spacial score (nSPS) is 20.5. The van der Waals surface area contributed by atoms with Gasteiger partial charge in [-0.15, -0.1) is 11.8 Å². The third kappa shape index (κ3) is 3.07. The number of carbonyl (C=O) groups excluding carboxylic acids is 1. The molecule has 0 spiro atoms. The molecule has 1 N–H and O–H groups in total. The standard InChI is InChI=1S/C17H14ClNO3S/c18-13-9-5-4-8-12(13)16-19(14(10-23-16)17(21)22)15(20)11-6-2-1-3-7-11/h1-9,14,16H,10H2,(H,21,22)/t14-,16+/m0/s1. The highest BCUT2D eigenvalue weighted by Crippen LogP contribution is 2.44. The van der Waals surface area contributed by atoms with Crippen molar-refractivity contribution in [3.63, 3.8) is 0 Å². The highest BCUT2D eigenvalue weighted by molar-refractivity contribution is 7.99. The van der Waals surface area contributed by atoms with Gasteiger partial charge in [0.2, 0.25) is 0 Å². The van der Waals surface area contributed by atoms with Crippen LogP contribution in [0.2, 0.25) is 5.02 Å². The van der Waals surface area contributed by atoms with Crippen LogP contribution in [0.4, 0.5) is 0 Å². The molecule has 1 aliphatic rings. The highest BCUT2D eigenvalue weighted by atomic mass is 35.5. The first-order valence-electron chi connectivity index (χ1n) is 7.06. The maximum atomic E-state index is 12.9. The Kier molecular flexibility index (Phi) is 4.59. The quantitative estimate of drug-likeness (QED) is 0.920. The third-order valence-electron chi connectivity index (χ3n) is 3.71. The largest absolute Gasteiger partial charge is 0.480 e. The molecule has 2 aromatic rings. The van der Waals surface area contributed by atoms with Gasteiger partial charge < -0.3 is 10.0 Å². The minimum absolute atomic E-state index is 0.298. The highest BCUT2D eigenvalue weighted by Gasteiger charge is 2.43. The van der Waals surface area contributed by atoms with Gasteiger partial charge in [0, 0.05) is 21.9 Å². The number of benzene rings is 2. The number of carboxylic acids is 1. The van der Waals surface area contributed by atoms with Crippen LogP contribution in [0.3, 0.4) is 0 Å². The molecule has 0 aromatic heterocycles. The smallest absolute Gasteiger partial charge is 0.327 e. The number of halogens is 1. The van der Waals surface area contributed by atoms with Crippen molar-refractivity contribution in [1.29, 1.82) is 0 Å². The predicted molar refractivity (Wildman–Crippen MR) is 90.7 cm³/mol. The minimum atomic E-state index is -1.00. The summed E-state index contributed by atoms with van der Waals surface area (Å²) in [6.07, 6.45) is 0. The molecule has 0 aliphatic carbocycles. The van der Waals surface area contributed by atoms with E-state index in [0.29, 0.717) is 16.3 Å². The Labute approximate surface area is 143 Å². The summed E-state index contributed by atoms with van der Waals surface area (Å²) in [6.45, 7) is 0. The van der Waals surface area contributed by atoms with Crippen LogP contribution >= 0.6 is 23.4 Å². The van der Waals surface area contributed by atoms with Crippen molar-refractivity contribution in [2.24, 2.45) is 0 Å². The van der Waals surface area contributed by atoms with E-state index >= 15 is 0 Å². The molecule has 1 fully saturated rings. The predicted octanol–water partition coefficient (Wildman–Crippen LogP) is 3.68. The second-order valence-corrected chi connectivity index (χ2v) is 6.66. The number of hydrogen-bond acceptors (Lipinski definition) is 3. The fourth-order valence-corrected chi connectivity index (χ4v) is 4.35. The number of carboxylic acid groups (broad SMARTS) is 1. The molecule has 1 aliphatic heterocycles. The number of carbonyl (C=O) groups is 2. The van der Waals surface area contributed by atoms with Crippen molar-refractivity contribution in [3.8, 4) is 0 Å². The van der Waals surface area contributed by atoms with Crippen LogP contribution in [0, 0.1) is 0 Å². The number of nitrogens with zero attached hydrogens (tertiary/aromatic N) is 1. The molecule has 1 amide bonds. The van der Waals surface area contributed by atoms with Crippen LogP contribution in [0.5, 0.6) is 0 Å². The van der Waals surface area contributed by atoms with E-state index < -0.39 is 17.4 Å². The summed E-state index contributed by atoms with van der Waals surface area (Å²) in [5.74, 6) is -0.965. The van der Waals surface area contributed by atoms with Gasteiger partial charge in [0.15, 0.2) is 0 Å². The molecule has 0 unspecified atom stereocenters. The van der Waals surface area contributed by atoms with Crippen molar-refractivity contribution in [2.75, 3.05) is 5.75 Å². The summed E-state index contributed by atoms with van der Waals surface area (Å²) in [7, 11) is 0. The Morgan fingerprint density at radius 3 is 2.39 bits per heavy atom. The van der Waals surface area contributed by atoms with Gasteiger partial charge >= 0.3 is 5.97 Å². The summed E-state index contributed by atoms with van der Waals surface area (Å²) in [5, 5.41) is 9.60. The first-order chi connectivity index (χ1) is 11.1. The van der Waals surface area contributed by atoms with Gasteiger partial charge in [0.1, 0.15) is 11.4 Å². The van der Waals surface area contributed by atoms with Gasteiger partial charge in [-0.3, -0.25) is 4.79 Å². The van der Waals surface area contributed by atoms with Crippen LogP contribution in [-0.2, 0) is 4.79 Å². The second kappa shape index (κ2) is 6.64. The molecule has 0 saturated carbocycles. The molecule has 0 radical (unpaired) electrons. The molecule has 23 heavy (non-hydrogen) atoms. The Balaban J connectivity index is 2.01. The summed E-state index contributed by atoms with van der Waals surface area (Å²) in [6, 6.07) is 15.1. The third-order valence-corrected chi connectivity index (χ3v) is 5.36. The average Bonchev–Trinajstić information content (AvgIpc) is 3.00. The maximum absolute atomic E-state index is 12.9. The van der Waals surface area contributed by atoms with Crippen molar-refractivity contribution in [1.82, 2.24) is 4.90 Å². The first kappa shape index (κ1) is 15.9.